The van der Waals surface area contributed by atoms with Gasteiger partial charge in [0.15, 0.2) is 0 Å². The number of thiazole rings is 1. The van der Waals surface area contributed by atoms with E-state index in [0.717, 1.165) is 60.2 Å². The molecule has 7 rings (SSSR count). The Morgan fingerprint density at radius 3 is 2.27 bits per heavy atom. The van der Waals surface area contributed by atoms with Crippen LogP contribution in [0.15, 0.2) is 66.2 Å². The molecule has 268 valence electrons. The zero-order valence-corrected chi connectivity index (χ0v) is 30.1. The number of likely N-dealkylation sites (tertiary alicyclic amines) is 2. The number of nitrogens with one attached hydrogen (secondary N) is 2. The van der Waals surface area contributed by atoms with Crippen LogP contribution in [0.3, 0.4) is 0 Å². The van der Waals surface area contributed by atoms with Gasteiger partial charge in [0.25, 0.3) is 11.8 Å². The van der Waals surface area contributed by atoms with Crippen molar-refractivity contribution in [2.75, 3.05) is 32.7 Å². The SMILES string of the molecule is Cc1nc(C(=O)N[C@H]2CC[C@@H](NC(=O)c3cc(F)cnc3Oc3cccc(-c4ccc(CCN5CCC(N6CCCC6)CC5)cc4)c3)CC2)cs1. The molecule has 0 atom stereocenters. The van der Waals surface area contributed by atoms with Crippen LogP contribution in [0.1, 0.15) is 82.8 Å². The number of piperidine rings is 1. The van der Waals surface area contributed by atoms with E-state index in [-0.39, 0.29) is 29.4 Å². The summed E-state index contributed by atoms with van der Waals surface area (Å²) in [6.07, 6.45) is 10.2. The number of hydrogen-bond acceptors (Lipinski definition) is 8. The summed E-state index contributed by atoms with van der Waals surface area (Å²) in [6.45, 7) is 7.91. The number of benzene rings is 2. The lowest BCUT2D eigenvalue weighted by Crippen LogP contribution is -2.44. The van der Waals surface area contributed by atoms with Crippen LogP contribution in [-0.4, -0.2) is 82.4 Å². The summed E-state index contributed by atoms with van der Waals surface area (Å²) in [4.78, 5) is 39.6. The van der Waals surface area contributed by atoms with Crippen LogP contribution < -0.4 is 15.4 Å². The minimum Gasteiger partial charge on any atom is -0.438 e. The van der Waals surface area contributed by atoms with Gasteiger partial charge in [-0.1, -0.05) is 36.4 Å². The predicted molar refractivity (Wildman–Crippen MR) is 198 cm³/mol. The van der Waals surface area contributed by atoms with Gasteiger partial charge in [0.2, 0.25) is 5.88 Å². The van der Waals surface area contributed by atoms with Crippen molar-refractivity contribution < 1.29 is 18.7 Å². The predicted octanol–water partition coefficient (Wildman–Crippen LogP) is 7.02. The molecule has 0 radical (unpaired) electrons. The number of carbonyl (C=O) groups is 2. The molecular formula is C40H47FN6O3S. The van der Waals surface area contributed by atoms with E-state index in [1.165, 1.54) is 68.8 Å². The number of rotatable bonds is 11. The highest BCUT2D eigenvalue weighted by Gasteiger charge is 2.28. The largest absolute Gasteiger partial charge is 0.438 e. The minimum absolute atomic E-state index is 0.0123. The van der Waals surface area contributed by atoms with E-state index in [4.69, 9.17) is 4.74 Å². The highest BCUT2D eigenvalue weighted by Crippen LogP contribution is 2.30. The second-order valence-electron chi connectivity index (χ2n) is 14.1. The molecule has 3 aliphatic rings. The third-order valence-corrected chi connectivity index (χ3v) is 11.4. The minimum atomic E-state index is -0.614. The number of amides is 2. The Hall–Kier alpha value is -4.19. The summed E-state index contributed by atoms with van der Waals surface area (Å²) in [5.74, 6) is -0.671. The number of nitrogens with zero attached hydrogens (tertiary/aromatic N) is 4. The van der Waals surface area contributed by atoms with Crippen LogP contribution in [0.25, 0.3) is 11.1 Å². The Balaban J connectivity index is 0.913. The Morgan fingerprint density at radius 2 is 1.59 bits per heavy atom. The van der Waals surface area contributed by atoms with Crippen molar-refractivity contribution in [2.45, 2.75) is 82.8 Å². The molecular weight excluding hydrogens is 664 g/mol. The first-order chi connectivity index (χ1) is 24.9. The summed E-state index contributed by atoms with van der Waals surface area (Å²) in [5.41, 5.74) is 3.84. The van der Waals surface area contributed by atoms with Crippen molar-refractivity contribution in [2.24, 2.45) is 0 Å². The molecule has 11 heteroatoms. The second kappa shape index (κ2) is 16.4. The Kier molecular flexibility index (Phi) is 11.4. The molecule has 0 unspecified atom stereocenters. The second-order valence-corrected chi connectivity index (χ2v) is 15.2. The maximum atomic E-state index is 14.3. The van der Waals surface area contributed by atoms with Crippen LogP contribution in [0.2, 0.25) is 0 Å². The molecule has 0 spiro atoms. The van der Waals surface area contributed by atoms with Crippen LogP contribution in [0.5, 0.6) is 11.6 Å². The maximum absolute atomic E-state index is 14.3. The summed E-state index contributed by atoms with van der Waals surface area (Å²) < 4.78 is 20.5. The highest BCUT2D eigenvalue weighted by atomic mass is 32.1. The van der Waals surface area contributed by atoms with E-state index in [1.54, 1.807) is 11.4 Å². The van der Waals surface area contributed by atoms with E-state index >= 15 is 0 Å². The van der Waals surface area contributed by atoms with Gasteiger partial charge >= 0.3 is 0 Å². The van der Waals surface area contributed by atoms with Crippen molar-refractivity contribution in [3.63, 3.8) is 0 Å². The van der Waals surface area contributed by atoms with Crippen LogP contribution >= 0.6 is 11.3 Å². The van der Waals surface area contributed by atoms with E-state index < -0.39 is 11.7 Å². The third-order valence-electron chi connectivity index (χ3n) is 10.6. The number of aromatic nitrogens is 2. The molecule has 1 aliphatic carbocycles. The first-order valence-corrected chi connectivity index (χ1v) is 19.3. The van der Waals surface area contributed by atoms with Gasteiger partial charge in [-0.15, -0.1) is 11.3 Å². The number of aryl methyl sites for hydroxylation is 1. The summed E-state index contributed by atoms with van der Waals surface area (Å²) in [7, 11) is 0. The number of carbonyl (C=O) groups excluding carboxylic acids is 2. The van der Waals surface area contributed by atoms with Crippen molar-refractivity contribution in [1.29, 1.82) is 0 Å². The van der Waals surface area contributed by atoms with Crippen molar-refractivity contribution >= 4 is 23.2 Å². The quantitative estimate of drug-likeness (QED) is 0.173. The van der Waals surface area contributed by atoms with Gasteiger partial charge in [-0.05, 0) is 126 Å². The smallest absolute Gasteiger partial charge is 0.270 e. The standard InChI is InChI=1S/C40H47FN6O3S/c1-27-43-37(26-51-27)39(49)45-33-13-11-32(12-14-33)44-38(48)36-24-31(41)25-42-40(36)50-35-6-4-5-30(23-35)29-9-7-28(8-10-29)15-20-46-21-16-34(17-22-46)47-18-2-3-19-47/h4-10,23-26,32-34H,2-3,11-22H2,1H3,(H,44,48)(H,45,49)/t32-,33+. The number of hydrogen-bond donors (Lipinski definition) is 2. The van der Waals surface area contributed by atoms with Crippen molar-refractivity contribution in [3.8, 4) is 22.8 Å². The Bertz CT molecular complexity index is 1790. The lowest BCUT2D eigenvalue weighted by Gasteiger charge is -2.36. The molecule has 4 aromatic rings. The first-order valence-electron chi connectivity index (χ1n) is 18.4. The average Bonchev–Trinajstić information content (AvgIpc) is 3.86. The average molecular weight is 711 g/mol. The molecule has 3 fully saturated rings. The van der Waals surface area contributed by atoms with Crippen LogP contribution in [0, 0.1) is 12.7 Å². The molecule has 2 aromatic carbocycles. The maximum Gasteiger partial charge on any atom is 0.270 e. The van der Waals surface area contributed by atoms with Gasteiger partial charge in [0.1, 0.15) is 22.8 Å². The summed E-state index contributed by atoms with van der Waals surface area (Å²) in [5, 5.41) is 8.70. The van der Waals surface area contributed by atoms with E-state index in [0.29, 0.717) is 24.3 Å². The zero-order chi connectivity index (χ0) is 35.2. The zero-order valence-electron chi connectivity index (χ0n) is 29.3. The molecule has 2 saturated heterocycles. The lowest BCUT2D eigenvalue weighted by atomic mass is 9.91. The summed E-state index contributed by atoms with van der Waals surface area (Å²) in [6, 6.07) is 18.2. The fourth-order valence-electron chi connectivity index (χ4n) is 7.66. The fourth-order valence-corrected chi connectivity index (χ4v) is 8.25. The molecule has 4 heterocycles. The first kappa shape index (κ1) is 35.2. The van der Waals surface area contributed by atoms with Crippen LogP contribution in [-0.2, 0) is 6.42 Å². The molecule has 9 nitrogen and oxygen atoms in total. The lowest BCUT2D eigenvalue weighted by molar-refractivity contribution is 0.0888. The van der Waals surface area contributed by atoms with E-state index in [2.05, 4.69) is 54.7 Å². The monoisotopic (exact) mass is 710 g/mol. The summed E-state index contributed by atoms with van der Waals surface area (Å²) >= 11 is 1.45. The number of pyridine rings is 1. The van der Waals surface area contributed by atoms with Crippen molar-refractivity contribution in [3.05, 3.63) is 93.8 Å². The van der Waals surface area contributed by atoms with Crippen LogP contribution in [0.4, 0.5) is 4.39 Å². The molecule has 2 amide bonds. The molecule has 1 saturated carbocycles. The Morgan fingerprint density at radius 1 is 0.882 bits per heavy atom. The number of halogens is 1. The van der Waals surface area contributed by atoms with Crippen molar-refractivity contribution in [1.82, 2.24) is 30.4 Å². The van der Waals surface area contributed by atoms with Gasteiger partial charge in [-0.3, -0.25) is 9.59 Å². The molecule has 2 aromatic heterocycles. The normalized spacial score (nSPS) is 20.3. The third kappa shape index (κ3) is 9.19. The van der Waals surface area contributed by atoms with E-state index in [1.807, 2.05) is 25.1 Å². The molecule has 2 N–H and O–H groups in total. The van der Waals surface area contributed by atoms with Gasteiger partial charge in [-0.2, -0.15) is 0 Å². The number of ether oxygens (including phenoxy) is 1. The highest BCUT2D eigenvalue weighted by molar-refractivity contribution is 7.09. The van der Waals surface area contributed by atoms with E-state index in [9.17, 15) is 14.0 Å². The topological polar surface area (TPSA) is 99.7 Å². The van der Waals surface area contributed by atoms with Gasteiger partial charge < -0.3 is 25.2 Å². The fraction of sp³-hybridized carbons (Fsp3) is 0.450. The van der Waals surface area contributed by atoms with Gasteiger partial charge in [-0.25, -0.2) is 14.4 Å². The molecule has 0 bridgehead atoms. The molecule has 51 heavy (non-hydrogen) atoms. The Labute approximate surface area is 303 Å². The molecule has 2 aliphatic heterocycles. The van der Waals surface area contributed by atoms with Gasteiger partial charge in [0.05, 0.1) is 11.2 Å². The van der Waals surface area contributed by atoms with Gasteiger partial charge in [0, 0.05) is 30.1 Å².